The van der Waals surface area contributed by atoms with Crippen molar-refractivity contribution in [3.8, 4) is 28.8 Å². The van der Waals surface area contributed by atoms with Gasteiger partial charge in [0, 0.05) is 22.7 Å². The highest BCUT2D eigenvalue weighted by atomic mass is 16.3. The average molecular weight is 347 g/mol. The Morgan fingerprint density at radius 3 is 2.44 bits per heavy atom. The van der Waals surface area contributed by atoms with Crippen molar-refractivity contribution < 1.29 is 4.42 Å². The van der Waals surface area contributed by atoms with Crippen LogP contribution in [0.15, 0.2) is 83.4 Å². The Morgan fingerprint density at radius 1 is 0.852 bits per heavy atom. The van der Waals surface area contributed by atoms with Gasteiger partial charge in [-0.3, -0.25) is 4.98 Å². The van der Waals surface area contributed by atoms with E-state index in [1.165, 1.54) is 0 Å². The summed E-state index contributed by atoms with van der Waals surface area (Å²) < 4.78 is 5.96. The Labute approximate surface area is 155 Å². The molecule has 0 atom stereocenters. The minimum absolute atomic E-state index is 0.462. The fourth-order valence-electron chi connectivity index (χ4n) is 3.24. The van der Waals surface area contributed by atoms with Crippen LogP contribution in [-0.4, -0.2) is 9.97 Å². The predicted octanol–water partition coefficient (Wildman–Crippen LogP) is 5.58. The van der Waals surface area contributed by atoms with E-state index in [2.05, 4.69) is 17.1 Å². The second kappa shape index (κ2) is 6.08. The lowest BCUT2D eigenvalue weighted by molar-refractivity contribution is 0.619. The third kappa shape index (κ3) is 2.54. The fraction of sp³-hybridized carbons (Fsp3) is 0. The van der Waals surface area contributed by atoms with Gasteiger partial charge in [-0.1, -0.05) is 42.5 Å². The lowest BCUT2D eigenvalue weighted by Gasteiger charge is -2.04. The Morgan fingerprint density at radius 2 is 1.63 bits per heavy atom. The molecule has 0 fully saturated rings. The Hall–Kier alpha value is -3.97. The number of oxazole rings is 1. The molecule has 5 aromatic rings. The Kier molecular flexibility index (Phi) is 3.44. The van der Waals surface area contributed by atoms with Crippen LogP contribution in [0.4, 0.5) is 0 Å². The van der Waals surface area contributed by atoms with E-state index in [1.54, 1.807) is 6.07 Å². The summed E-state index contributed by atoms with van der Waals surface area (Å²) in [5.41, 5.74) is 4.12. The van der Waals surface area contributed by atoms with Gasteiger partial charge in [0.2, 0.25) is 5.89 Å². The third-order valence-corrected chi connectivity index (χ3v) is 4.59. The molecule has 4 heteroatoms. The molecule has 0 radical (unpaired) electrons. The maximum Gasteiger partial charge on any atom is 0.227 e. The van der Waals surface area contributed by atoms with E-state index < -0.39 is 0 Å². The van der Waals surface area contributed by atoms with Crippen LogP contribution >= 0.6 is 0 Å². The second-order valence-corrected chi connectivity index (χ2v) is 6.25. The topological polar surface area (TPSA) is 62.7 Å². The van der Waals surface area contributed by atoms with E-state index in [-0.39, 0.29) is 0 Å². The molecule has 0 spiro atoms. The van der Waals surface area contributed by atoms with Crippen LogP contribution in [0.2, 0.25) is 0 Å². The van der Waals surface area contributed by atoms with Gasteiger partial charge in [-0.2, -0.15) is 5.26 Å². The molecular weight excluding hydrogens is 334 g/mol. The number of aromatic nitrogens is 2. The van der Waals surface area contributed by atoms with E-state index in [0.717, 1.165) is 27.6 Å². The first-order chi connectivity index (χ1) is 13.3. The van der Waals surface area contributed by atoms with Gasteiger partial charge in [0.05, 0.1) is 11.3 Å². The van der Waals surface area contributed by atoms with Crippen molar-refractivity contribution in [1.82, 2.24) is 9.97 Å². The van der Waals surface area contributed by atoms with E-state index >= 15 is 0 Å². The molecular formula is C23H13N3O. The highest BCUT2D eigenvalue weighted by Gasteiger charge is 2.17. The molecule has 0 aliphatic heterocycles. The molecule has 0 N–H and O–H groups in total. The molecule has 0 saturated heterocycles. The molecule has 0 unspecified atom stereocenters. The molecule has 0 saturated carbocycles. The first kappa shape index (κ1) is 15.3. The van der Waals surface area contributed by atoms with Crippen molar-refractivity contribution in [1.29, 1.82) is 5.26 Å². The number of pyridine rings is 1. The number of nitriles is 1. The molecule has 5 rings (SSSR count). The summed E-state index contributed by atoms with van der Waals surface area (Å²) in [5, 5.41) is 11.6. The molecule has 4 nitrogen and oxygen atoms in total. The third-order valence-electron chi connectivity index (χ3n) is 4.59. The summed E-state index contributed by atoms with van der Waals surface area (Å²) in [6.07, 6.45) is 1.85. The summed E-state index contributed by atoms with van der Waals surface area (Å²) in [4.78, 5) is 9.29. The fourth-order valence-corrected chi connectivity index (χ4v) is 3.24. The van der Waals surface area contributed by atoms with Crippen molar-refractivity contribution >= 4 is 21.9 Å². The van der Waals surface area contributed by atoms with Gasteiger partial charge in [-0.05, 0) is 35.7 Å². The predicted molar refractivity (Wildman–Crippen MR) is 105 cm³/mol. The van der Waals surface area contributed by atoms with Gasteiger partial charge >= 0.3 is 0 Å². The van der Waals surface area contributed by atoms with Crippen molar-refractivity contribution in [3.05, 3.63) is 84.6 Å². The Bertz CT molecular complexity index is 1330. The molecule has 0 bridgehead atoms. The number of hydrogen-bond donors (Lipinski definition) is 0. The molecule has 0 aliphatic carbocycles. The van der Waals surface area contributed by atoms with Gasteiger partial charge < -0.3 is 4.42 Å². The normalized spacial score (nSPS) is 10.9. The maximum absolute atomic E-state index is 9.46. The van der Waals surface area contributed by atoms with Crippen LogP contribution in [0.1, 0.15) is 5.56 Å². The van der Waals surface area contributed by atoms with Crippen LogP contribution in [0.25, 0.3) is 44.6 Å². The van der Waals surface area contributed by atoms with Crippen LogP contribution in [0.3, 0.4) is 0 Å². The largest absolute Gasteiger partial charge is 0.435 e. The van der Waals surface area contributed by atoms with Gasteiger partial charge in [0.1, 0.15) is 11.6 Å². The molecule has 2 heterocycles. The van der Waals surface area contributed by atoms with Crippen LogP contribution in [0, 0.1) is 11.3 Å². The Balaban J connectivity index is 1.77. The summed E-state index contributed by atoms with van der Waals surface area (Å²) >= 11 is 0. The minimum Gasteiger partial charge on any atom is -0.435 e. The number of fused-ring (bicyclic) bond motifs is 2. The van der Waals surface area contributed by atoms with Gasteiger partial charge in [-0.25, -0.2) is 4.98 Å². The van der Waals surface area contributed by atoms with Crippen molar-refractivity contribution in [2.24, 2.45) is 0 Å². The van der Waals surface area contributed by atoms with E-state index in [1.807, 2.05) is 66.9 Å². The van der Waals surface area contributed by atoms with Crippen molar-refractivity contribution in [2.45, 2.75) is 0 Å². The monoisotopic (exact) mass is 347 g/mol. The van der Waals surface area contributed by atoms with Crippen LogP contribution in [-0.2, 0) is 0 Å². The van der Waals surface area contributed by atoms with Gasteiger partial charge in [-0.15, -0.1) is 0 Å². The molecule has 2 aromatic heterocycles. The zero-order valence-electron chi connectivity index (χ0n) is 14.3. The van der Waals surface area contributed by atoms with Crippen molar-refractivity contribution in [2.75, 3.05) is 0 Å². The van der Waals surface area contributed by atoms with Gasteiger partial charge in [0.25, 0.3) is 0 Å². The highest BCUT2D eigenvalue weighted by molar-refractivity contribution is 5.96. The number of nitrogens with zero attached hydrogens (tertiary/aromatic N) is 3. The average Bonchev–Trinajstić information content (AvgIpc) is 3.19. The maximum atomic E-state index is 9.46. The van der Waals surface area contributed by atoms with Crippen molar-refractivity contribution in [3.63, 3.8) is 0 Å². The smallest absolute Gasteiger partial charge is 0.227 e. The first-order valence-electron chi connectivity index (χ1n) is 8.58. The summed E-state index contributed by atoms with van der Waals surface area (Å²) in [7, 11) is 0. The number of benzene rings is 3. The molecule has 3 aromatic carbocycles. The standard InChI is InChI=1S/C23H13N3O/c24-13-17-10-11-19(20-12-16-8-4-5-9-18(16)14-25-20)21-22(17)27-23(26-21)15-6-2-1-3-7-15/h1-12,14H. The van der Waals surface area contributed by atoms with Crippen LogP contribution < -0.4 is 0 Å². The zero-order valence-corrected chi connectivity index (χ0v) is 14.3. The number of rotatable bonds is 2. The lowest BCUT2D eigenvalue weighted by atomic mass is 10.0. The first-order valence-corrected chi connectivity index (χ1v) is 8.58. The molecule has 27 heavy (non-hydrogen) atoms. The minimum atomic E-state index is 0.462. The van der Waals surface area contributed by atoms with Crippen LogP contribution in [0.5, 0.6) is 0 Å². The lowest BCUT2D eigenvalue weighted by Crippen LogP contribution is -1.87. The van der Waals surface area contributed by atoms with E-state index in [9.17, 15) is 5.26 Å². The van der Waals surface area contributed by atoms with Gasteiger partial charge in [0.15, 0.2) is 5.58 Å². The quantitative estimate of drug-likeness (QED) is 0.418. The molecule has 126 valence electrons. The summed E-state index contributed by atoms with van der Waals surface area (Å²) in [6.45, 7) is 0. The number of hydrogen-bond acceptors (Lipinski definition) is 4. The SMILES string of the molecule is N#Cc1ccc(-c2cc3ccccc3cn2)c2nc(-c3ccccc3)oc12. The zero-order chi connectivity index (χ0) is 18.2. The highest BCUT2D eigenvalue weighted by Crippen LogP contribution is 2.33. The van der Waals surface area contributed by atoms with E-state index in [0.29, 0.717) is 22.6 Å². The summed E-state index contributed by atoms with van der Waals surface area (Å²) in [6, 6.07) is 25.6. The summed E-state index contributed by atoms with van der Waals surface area (Å²) in [5.74, 6) is 0.496. The molecule has 0 amide bonds. The second-order valence-electron chi connectivity index (χ2n) is 6.25. The molecule has 0 aliphatic rings. The van der Waals surface area contributed by atoms with E-state index in [4.69, 9.17) is 9.40 Å².